The summed E-state index contributed by atoms with van der Waals surface area (Å²) < 4.78 is 5.80. The average molecular weight is 262 g/mol. The Morgan fingerprint density at radius 1 is 1.17 bits per heavy atom. The van der Waals surface area contributed by atoms with Crippen LogP contribution in [0.3, 0.4) is 0 Å². The van der Waals surface area contributed by atoms with Gasteiger partial charge in [0.2, 0.25) is 0 Å². The van der Waals surface area contributed by atoms with Gasteiger partial charge in [-0.25, -0.2) is 0 Å². The predicted molar refractivity (Wildman–Crippen MR) is 83.3 cm³/mol. The SMILES string of the molecule is C[SiH](C)OCC/C(=C\c1ccccc1)C(C)(C)C. The van der Waals surface area contributed by atoms with Gasteiger partial charge in [0.25, 0.3) is 0 Å². The maximum atomic E-state index is 5.80. The molecule has 0 amide bonds. The highest BCUT2D eigenvalue weighted by molar-refractivity contribution is 6.48. The molecule has 0 spiro atoms. The molecule has 0 saturated carbocycles. The fourth-order valence-corrected chi connectivity index (χ4v) is 2.41. The van der Waals surface area contributed by atoms with E-state index in [1.165, 1.54) is 11.1 Å². The monoisotopic (exact) mass is 262 g/mol. The van der Waals surface area contributed by atoms with Gasteiger partial charge in [0.05, 0.1) is 0 Å². The van der Waals surface area contributed by atoms with Gasteiger partial charge in [0, 0.05) is 6.61 Å². The number of rotatable bonds is 5. The number of benzene rings is 1. The summed E-state index contributed by atoms with van der Waals surface area (Å²) in [5, 5.41) is 0. The normalized spacial score (nSPS) is 13.1. The summed E-state index contributed by atoms with van der Waals surface area (Å²) >= 11 is 0. The number of hydrogen-bond donors (Lipinski definition) is 0. The van der Waals surface area contributed by atoms with E-state index in [-0.39, 0.29) is 5.41 Å². The smallest absolute Gasteiger partial charge is 0.170 e. The topological polar surface area (TPSA) is 9.23 Å². The highest BCUT2D eigenvalue weighted by atomic mass is 28.3. The molecule has 0 aliphatic heterocycles. The average Bonchev–Trinajstić information content (AvgIpc) is 2.27. The van der Waals surface area contributed by atoms with E-state index in [2.05, 4.69) is 70.3 Å². The molecule has 0 aromatic heterocycles. The van der Waals surface area contributed by atoms with Gasteiger partial charge in [0.15, 0.2) is 9.04 Å². The predicted octanol–water partition coefficient (Wildman–Crippen LogP) is 4.51. The largest absolute Gasteiger partial charge is 0.420 e. The molecular weight excluding hydrogens is 236 g/mol. The Kier molecular flexibility index (Phi) is 5.83. The third kappa shape index (κ3) is 5.65. The second kappa shape index (κ2) is 6.91. The summed E-state index contributed by atoms with van der Waals surface area (Å²) in [6.45, 7) is 12.1. The fraction of sp³-hybridized carbons (Fsp3) is 0.500. The van der Waals surface area contributed by atoms with Gasteiger partial charge in [-0.3, -0.25) is 0 Å². The first-order chi connectivity index (χ1) is 8.39. The van der Waals surface area contributed by atoms with E-state index in [1.54, 1.807) is 0 Å². The zero-order chi connectivity index (χ0) is 13.6. The first-order valence-corrected chi connectivity index (χ1v) is 9.55. The Hall–Kier alpha value is -0.863. The summed E-state index contributed by atoms with van der Waals surface area (Å²) in [5.74, 6) is 0. The number of hydrogen-bond acceptors (Lipinski definition) is 1. The minimum atomic E-state index is -0.895. The van der Waals surface area contributed by atoms with E-state index in [9.17, 15) is 0 Å². The molecule has 1 nitrogen and oxygen atoms in total. The fourth-order valence-electron chi connectivity index (χ4n) is 1.82. The van der Waals surface area contributed by atoms with E-state index in [0.717, 1.165) is 13.0 Å². The van der Waals surface area contributed by atoms with Crippen LogP contribution in [-0.2, 0) is 4.43 Å². The van der Waals surface area contributed by atoms with Crippen molar-refractivity contribution >= 4 is 15.1 Å². The Morgan fingerprint density at radius 2 is 1.78 bits per heavy atom. The summed E-state index contributed by atoms with van der Waals surface area (Å²) in [4.78, 5) is 0. The van der Waals surface area contributed by atoms with Crippen molar-refractivity contribution in [2.45, 2.75) is 40.3 Å². The van der Waals surface area contributed by atoms with E-state index in [4.69, 9.17) is 4.43 Å². The molecule has 100 valence electrons. The Morgan fingerprint density at radius 3 is 2.28 bits per heavy atom. The van der Waals surface area contributed by atoms with Crippen molar-refractivity contribution < 1.29 is 4.43 Å². The van der Waals surface area contributed by atoms with E-state index in [1.807, 2.05) is 0 Å². The third-order valence-electron chi connectivity index (χ3n) is 2.93. The molecule has 0 fully saturated rings. The van der Waals surface area contributed by atoms with Crippen LogP contribution in [0.25, 0.3) is 6.08 Å². The molecule has 0 aliphatic rings. The van der Waals surface area contributed by atoms with Gasteiger partial charge in [-0.05, 0) is 30.5 Å². The molecule has 1 aromatic carbocycles. The zero-order valence-electron chi connectivity index (χ0n) is 12.4. The van der Waals surface area contributed by atoms with Crippen molar-refractivity contribution in [3.63, 3.8) is 0 Å². The maximum absolute atomic E-state index is 5.80. The van der Waals surface area contributed by atoms with Crippen LogP contribution in [0.2, 0.25) is 13.1 Å². The Bertz CT molecular complexity index is 374. The van der Waals surface area contributed by atoms with E-state index < -0.39 is 9.04 Å². The molecule has 1 rings (SSSR count). The highest BCUT2D eigenvalue weighted by Crippen LogP contribution is 2.29. The van der Waals surface area contributed by atoms with E-state index >= 15 is 0 Å². The van der Waals surface area contributed by atoms with Crippen molar-refractivity contribution in [2.75, 3.05) is 6.61 Å². The van der Waals surface area contributed by atoms with Crippen LogP contribution < -0.4 is 0 Å². The minimum absolute atomic E-state index is 0.206. The van der Waals surface area contributed by atoms with Gasteiger partial charge >= 0.3 is 0 Å². The Labute approximate surface area is 114 Å². The quantitative estimate of drug-likeness (QED) is 0.710. The maximum Gasteiger partial charge on any atom is 0.170 e. The van der Waals surface area contributed by atoms with Crippen molar-refractivity contribution in [1.29, 1.82) is 0 Å². The molecule has 1 aromatic rings. The van der Waals surface area contributed by atoms with Crippen LogP contribution in [0.15, 0.2) is 35.9 Å². The van der Waals surface area contributed by atoms with Crippen LogP contribution >= 0.6 is 0 Å². The van der Waals surface area contributed by atoms with Gasteiger partial charge in [0.1, 0.15) is 0 Å². The lowest BCUT2D eigenvalue weighted by atomic mass is 9.83. The molecule has 0 bridgehead atoms. The van der Waals surface area contributed by atoms with Crippen LogP contribution in [0.4, 0.5) is 0 Å². The van der Waals surface area contributed by atoms with Crippen molar-refractivity contribution in [3.05, 3.63) is 41.5 Å². The van der Waals surface area contributed by atoms with Gasteiger partial charge in [-0.1, -0.05) is 62.8 Å². The summed E-state index contributed by atoms with van der Waals surface area (Å²) in [6.07, 6.45) is 3.34. The first-order valence-electron chi connectivity index (χ1n) is 6.77. The molecular formula is C16H26OSi. The van der Waals surface area contributed by atoms with Crippen molar-refractivity contribution in [1.82, 2.24) is 0 Å². The van der Waals surface area contributed by atoms with Crippen LogP contribution in [0.5, 0.6) is 0 Å². The molecule has 2 heteroatoms. The lowest BCUT2D eigenvalue weighted by Gasteiger charge is -2.24. The van der Waals surface area contributed by atoms with Gasteiger partial charge < -0.3 is 4.43 Å². The highest BCUT2D eigenvalue weighted by Gasteiger charge is 2.16. The lowest BCUT2D eigenvalue weighted by molar-refractivity contribution is 0.317. The van der Waals surface area contributed by atoms with Crippen molar-refractivity contribution in [3.8, 4) is 0 Å². The molecule has 0 saturated heterocycles. The molecule has 0 unspecified atom stereocenters. The molecule has 0 heterocycles. The molecule has 0 aliphatic carbocycles. The summed E-state index contributed by atoms with van der Waals surface area (Å²) in [7, 11) is -0.895. The Balaban J connectivity index is 2.76. The first kappa shape index (κ1) is 15.2. The summed E-state index contributed by atoms with van der Waals surface area (Å²) in [5.41, 5.74) is 2.95. The standard InChI is InChI=1S/C16H26OSi/c1-16(2,3)15(11-12-17-18(4)5)13-14-9-7-6-8-10-14/h6-10,13,18H,11-12H2,1-5H3/b15-13+. The molecule has 18 heavy (non-hydrogen) atoms. The summed E-state index contributed by atoms with van der Waals surface area (Å²) in [6, 6.07) is 10.5. The van der Waals surface area contributed by atoms with Crippen LogP contribution in [0.1, 0.15) is 32.8 Å². The third-order valence-corrected chi connectivity index (χ3v) is 3.83. The van der Waals surface area contributed by atoms with Crippen molar-refractivity contribution in [2.24, 2.45) is 5.41 Å². The molecule has 0 N–H and O–H groups in total. The second-order valence-corrected chi connectivity index (χ2v) is 8.43. The molecule has 0 radical (unpaired) electrons. The van der Waals surface area contributed by atoms with Crippen LogP contribution in [0, 0.1) is 5.41 Å². The van der Waals surface area contributed by atoms with Gasteiger partial charge in [-0.15, -0.1) is 0 Å². The van der Waals surface area contributed by atoms with Crippen LogP contribution in [-0.4, -0.2) is 15.6 Å². The zero-order valence-corrected chi connectivity index (χ0v) is 13.5. The minimum Gasteiger partial charge on any atom is -0.420 e. The second-order valence-electron chi connectivity index (χ2n) is 6.00. The van der Waals surface area contributed by atoms with Gasteiger partial charge in [-0.2, -0.15) is 0 Å². The molecule has 0 atom stereocenters. The lowest BCUT2D eigenvalue weighted by Crippen LogP contribution is -2.14. The van der Waals surface area contributed by atoms with E-state index in [0.29, 0.717) is 0 Å².